The van der Waals surface area contributed by atoms with Gasteiger partial charge >= 0.3 is 0 Å². The summed E-state index contributed by atoms with van der Waals surface area (Å²) in [5, 5.41) is 0. The molecule has 0 atom stereocenters. The van der Waals surface area contributed by atoms with Crippen LogP contribution < -0.4 is 15.6 Å². The van der Waals surface area contributed by atoms with E-state index in [1.807, 2.05) is 30.3 Å². The van der Waals surface area contributed by atoms with Crippen LogP contribution >= 0.6 is 0 Å². The highest BCUT2D eigenvalue weighted by atomic mass is 16.5. The Balaban J connectivity index is 1.91. The maximum atomic E-state index is 5.87. The number of rotatable bonds is 8. The van der Waals surface area contributed by atoms with Gasteiger partial charge in [-0.2, -0.15) is 0 Å². The van der Waals surface area contributed by atoms with Crippen molar-refractivity contribution in [2.45, 2.75) is 40.7 Å². The summed E-state index contributed by atoms with van der Waals surface area (Å²) in [5.41, 5.74) is 11.4. The molecule has 124 valence electrons. The molecule has 2 aromatic carbocycles. The molecule has 2 rings (SSSR count). The zero-order chi connectivity index (χ0) is 16.7. The quantitative estimate of drug-likeness (QED) is 0.684. The minimum atomic E-state index is 0.671. The lowest BCUT2D eigenvalue weighted by Crippen LogP contribution is -2.22. The second-order valence-corrected chi connectivity index (χ2v) is 6.41. The number of benzene rings is 2. The molecule has 0 heterocycles. The highest BCUT2D eigenvalue weighted by molar-refractivity contribution is 5.43. The van der Waals surface area contributed by atoms with E-state index in [1.54, 1.807) is 0 Å². The molecule has 0 unspecified atom stereocenters. The van der Waals surface area contributed by atoms with Crippen LogP contribution in [0.2, 0.25) is 0 Å². The second kappa shape index (κ2) is 8.59. The summed E-state index contributed by atoms with van der Waals surface area (Å²) < 4.78 is 5.87. The average molecular weight is 312 g/mol. The van der Waals surface area contributed by atoms with Gasteiger partial charge in [0, 0.05) is 12.2 Å². The van der Waals surface area contributed by atoms with Crippen molar-refractivity contribution < 1.29 is 4.74 Å². The summed E-state index contributed by atoms with van der Waals surface area (Å²) in [5.74, 6) is 1.64. The van der Waals surface area contributed by atoms with E-state index in [2.05, 4.69) is 50.7 Å². The number of hydrazine groups is 1. The first kappa shape index (κ1) is 17.4. The Bertz CT molecular complexity index is 585. The molecule has 3 nitrogen and oxygen atoms in total. The van der Waals surface area contributed by atoms with Gasteiger partial charge in [-0.3, -0.25) is 0 Å². The fourth-order valence-electron chi connectivity index (χ4n) is 2.48. The lowest BCUT2D eigenvalue weighted by atomic mass is 10.0. The van der Waals surface area contributed by atoms with E-state index in [9.17, 15) is 0 Å². The normalized spacial score (nSPS) is 10.8. The van der Waals surface area contributed by atoms with E-state index in [4.69, 9.17) is 4.74 Å². The molecule has 2 N–H and O–H groups in total. The summed E-state index contributed by atoms with van der Waals surface area (Å²) in [7, 11) is 0. The Morgan fingerprint density at radius 2 is 1.65 bits per heavy atom. The maximum absolute atomic E-state index is 5.87. The summed E-state index contributed by atoms with van der Waals surface area (Å²) in [6.07, 6.45) is 1.09. The largest absolute Gasteiger partial charge is 0.494 e. The Kier molecular flexibility index (Phi) is 6.48. The first-order valence-electron chi connectivity index (χ1n) is 8.33. The van der Waals surface area contributed by atoms with Gasteiger partial charge in [-0.1, -0.05) is 32.0 Å². The van der Waals surface area contributed by atoms with Gasteiger partial charge in [0.15, 0.2) is 0 Å². The van der Waals surface area contributed by atoms with Crippen LogP contribution in [0.25, 0.3) is 0 Å². The highest BCUT2D eigenvalue weighted by Gasteiger charge is 2.06. The molecule has 0 aliphatic carbocycles. The standard InChI is InChI=1S/C20H28N2O/c1-15(2)10-11-23-19-12-16(3)20(17(4)13-19)14-21-22-18-8-6-5-7-9-18/h5-9,12-13,15,21-22H,10-11,14H2,1-4H3. The number of ether oxygens (including phenoxy) is 1. The van der Waals surface area contributed by atoms with Gasteiger partial charge in [0.05, 0.1) is 6.61 Å². The van der Waals surface area contributed by atoms with Crippen LogP contribution in [-0.4, -0.2) is 6.61 Å². The fourth-order valence-corrected chi connectivity index (χ4v) is 2.48. The summed E-state index contributed by atoms with van der Waals surface area (Å²) in [6.45, 7) is 10.3. The van der Waals surface area contributed by atoms with E-state index in [0.29, 0.717) is 5.92 Å². The predicted molar refractivity (Wildman–Crippen MR) is 97.8 cm³/mol. The number of para-hydroxylation sites is 1. The Morgan fingerprint density at radius 1 is 1.00 bits per heavy atom. The third-order valence-corrected chi connectivity index (χ3v) is 3.91. The molecule has 0 saturated heterocycles. The molecule has 0 saturated carbocycles. The average Bonchev–Trinajstić information content (AvgIpc) is 2.51. The molecule has 0 bridgehead atoms. The molecule has 23 heavy (non-hydrogen) atoms. The van der Waals surface area contributed by atoms with Crippen LogP contribution in [-0.2, 0) is 6.54 Å². The molecule has 3 heteroatoms. The molecule has 2 aromatic rings. The Labute approximate surface area is 140 Å². The second-order valence-electron chi connectivity index (χ2n) is 6.41. The van der Waals surface area contributed by atoms with Crippen LogP contribution in [0.5, 0.6) is 5.75 Å². The van der Waals surface area contributed by atoms with Gasteiger partial charge in [-0.25, -0.2) is 5.43 Å². The van der Waals surface area contributed by atoms with E-state index in [-0.39, 0.29) is 0 Å². The van der Waals surface area contributed by atoms with Crippen LogP contribution in [0.15, 0.2) is 42.5 Å². The van der Waals surface area contributed by atoms with Crippen molar-refractivity contribution >= 4 is 5.69 Å². The smallest absolute Gasteiger partial charge is 0.119 e. The van der Waals surface area contributed by atoms with Crippen LogP contribution in [0, 0.1) is 19.8 Å². The van der Waals surface area contributed by atoms with Gasteiger partial charge < -0.3 is 10.2 Å². The zero-order valence-corrected chi connectivity index (χ0v) is 14.6. The number of hydrogen-bond acceptors (Lipinski definition) is 3. The topological polar surface area (TPSA) is 33.3 Å². The number of nitrogens with one attached hydrogen (secondary N) is 2. The fraction of sp³-hybridized carbons (Fsp3) is 0.400. The van der Waals surface area contributed by atoms with Gasteiger partial charge in [0.25, 0.3) is 0 Å². The van der Waals surface area contributed by atoms with Crippen LogP contribution in [0.1, 0.15) is 37.0 Å². The van der Waals surface area contributed by atoms with Crippen molar-refractivity contribution in [3.05, 3.63) is 59.2 Å². The summed E-state index contributed by atoms with van der Waals surface area (Å²) >= 11 is 0. The minimum absolute atomic E-state index is 0.671. The molecule has 0 aliphatic heterocycles. The van der Waals surface area contributed by atoms with Gasteiger partial charge in [0.2, 0.25) is 0 Å². The summed E-state index contributed by atoms with van der Waals surface area (Å²) in [4.78, 5) is 0. The van der Waals surface area contributed by atoms with Crippen LogP contribution in [0.4, 0.5) is 5.69 Å². The third kappa shape index (κ3) is 5.61. The molecular weight excluding hydrogens is 284 g/mol. The van der Waals surface area contributed by atoms with Crippen LogP contribution in [0.3, 0.4) is 0 Å². The predicted octanol–water partition coefficient (Wildman–Crippen LogP) is 4.85. The van der Waals surface area contributed by atoms with E-state index < -0.39 is 0 Å². The molecule has 0 amide bonds. The zero-order valence-electron chi connectivity index (χ0n) is 14.6. The van der Waals surface area contributed by atoms with Gasteiger partial charge in [-0.15, -0.1) is 0 Å². The van der Waals surface area contributed by atoms with E-state index in [1.165, 1.54) is 16.7 Å². The number of aryl methyl sites for hydroxylation is 2. The van der Waals surface area contributed by atoms with Gasteiger partial charge in [0.1, 0.15) is 5.75 Å². The molecule has 0 aromatic heterocycles. The van der Waals surface area contributed by atoms with Crippen molar-refractivity contribution in [2.75, 3.05) is 12.0 Å². The maximum Gasteiger partial charge on any atom is 0.119 e. The van der Waals surface area contributed by atoms with E-state index in [0.717, 1.165) is 31.0 Å². The molecule has 0 fully saturated rings. The first-order valence-corrected chi connectivity index (χ1v) is 8.33. The molecule has 0 radical (unpaired) electrons. The molecule has 0 aliphatic rings. The molecule has 0 spiro atoms. The minimum Gasteiger partial charge on any atom is -0.494 e. The van der Waals surface area contributed by atoms with Crippen molar-refractivity contribution in [1.82, 2.24) is 5.43 Å². The van der Waals surface area contributed by atoms with Crippen molar-refractivity contribution in [3.8, 4) is 5.75 Å². The lowest BCUT2D eigenvalue weighted by Gasteiger charge is -2.15. The third-order valence-electron chi connectivity index (χ3n) is 3.91. The van der Waals surface area contributed by atoms with Crippen molar-refractivity contribution in [1.29, 1.82) is 0 Å². The monoisotopic (exact) mass is 312 g/mol. The molecular formula is C20H28N2O. The lowest BCUT2D eigenvalue weighted by molar-refractivity contribution is 0.289. The van der Waals surface area contributed by atoms with Crippen molar-refractivity contribution in [2.24, 2.45) is 5.92 Å². The first-order chi connectivity index (χ1) is 11.1. The van der Waals surface area contributed by atoms with Crippen molar-refractivity contribution in [3.63, 3.8) is 0 Å². The number of hydrogen-bond donors (Lipinski definition) is 2. The Hall–Kier alpha value is -2.00. The van der Waals surface area contributed by atoms with E-state index >= 15 is 0 Å². The Morgan fingerprint density at radius 3 is 2.26 bits per heavy atom. The SMILES string of the molecule is Cc1cc(OCCC(C)C)cc(C)c1CNNc1ccccc1. The highest BCUT2D eigenvalue weighted by Crippen LogP contribution is 2.22. The van der Waals surface area contributed by atoms with Gasteiger partial charge in [-0.05, 0) is 67.1 Å². The summed E-state index contributed by atoms with van der Waals surface area (Å²) in [6, 6.07) is 14.4. The number of anilines is 1.